The molecule has 0 radical (unpaired) electrons. The van der Waals surface area contributed by atoms with Gasteiger partial charge in [-0.05, 0) is 25.3 Å². The number of aromatic nitrogens is 1. The number of nitrogens with zero attached hydrogens (tertiary/aromatic N) is 1. The van der Waals surface area contributed by atoms with Crippen LogP contribution in [0.4, 0.5) is 0 Å². The summed E-state index contributed by atoms with van der Waals surface area (Å²) in [6.45, 7) is 5.47. The predicted octanol–water partition coefficient (Wildman–Crippen LogP) is 1.24. The number of rotatable bonds is 4. The van der Waals surface area contributed by atoms with Crippen LogP contribution in [0.15, 0.2) is 10.6 Å². The number of nitrogens with one attached hydrogen (secondary N) is 2. The second kappa shape index (κ2) is 6.00. The van der Waals surface area contributed by atoms with E-state index >= 15 is 0 Å². The van der Waals surface area contributed by atoms with E-state index in [-0.39, 0.29) is 11.9 Å². The lowest BCUT2D eigenvalue weighted by Gasteiger charge is -2.26. The van der Waals surface area contributed by atoms with E-state index in [1.807, 2.05) is 6.92 Å². The van der Waals surface area contributed by atoms with Gasteiger partial charge in [0.25, 0.3) is 0 Å². The molecule has 5 nitrogen and oxygen atoms in total. The van der Waals surface area contributed by atoms with Crippen molar-refractivity contribution < 1.29 is 9.21 Å². The molecule has 18 heavy (non-hydrogen) atoms. The molecule has 1 aromatic rings. The van der Waals surface area contributed by atoms with Gasteiger partial charge in [0.15, 0.2) is 0 Å². The van der Waals surface area contributed by atoms with Crippen LogP contribution < -0.4 is 10.6 Å². The van der Waals surface area contributed by atoms with Crippen molar-refractivity contribution >= 4 is 5.91 Å². The Kier molecular flexibility index (Phi) is 4.36. The van der Waals surface area contributed by atoms with Gasteiger partial charge in [0.2, 0.25) is 11.8 Å². The van der Waals surface area contributed by atoms with Crippen molar-refractivity contribution in [3.8, 4) is 0 Å². The lowest BCUT2D eigenvalue weighted by atomic mass is 9.94. The van der Waals surface area contributed by atoms with Gasteiger partial charge in [0.05, 0.1) is 18.8 Å². The zero-order valence-electron chi connectivity index (χ0n) is 11.0. The minimum atomic E-state index is -0.0747. The molecule has 0 bridgehead atoms. The second-order valence-electron chi connectivity index (χ2n) is 4.93. The highest BCUT2D eigenvalue weighted by molar-refractivity contribution is 5.81. The Morgan fingerprint density at radius 2 is 2.50 bits per heavy atom. The molecular formula is C13H21N3O2. The van der Waals surface area contributed by atoms with Crippen LogP contribution in [-0.4, -0.2) is 23.5 Å². The number of amides is 1. The summed E-state index contributed by atoms with van der Waals surface area (Å²) in [5.74, 6) is 2.07. The quantitative estimate of drug-likeness (QED) is 0.845. The van der Waals surface area contributed by atoms with Gasteiger partial charge in [-0.2, -0.15) is 0 Å². The normalized spacial score (nSPS) is 23.9. The van der Waals surface area contributed by atoms with Crippen LogP contribution in [0.3, 0.4) is 0 Å². The van der Waals surface area contributed by atoms with Crippen molar-refractivity contribution in [2.75, 3.05) is 6.54 Å². The van der Waals surface area contributed by atoms with E-state index in [2.05, 4.69) is 22.5 Å². The SMILES string of the molecule is CCc1cnc(CNC(=O)C2CC(C)CCN2)o1. The Labute approximate surface area is 107 Å². The van der Waals surface area contributed by atoms with Gasteiger partial charge < -0.3 is 15.1 Å². The minimum absolute atomic E-state index is 0.0396. The Hall–Kier alpha value is -1.36. The first-order valence-corrected chi connectivity index (χ1v) is 6.63. The molecule has 2 N–H and O–H groups in total. The third-order valence-electron chi connectivity index (χ3n) is 3.35. The van der Waals surface area contributed by atoms with E-state index in [0.717, 1.165) is 31.6 Å². The summed E-state index contributed by atoms with van der Waals surface area (Å²) < 4.78 is 5.45. The molecule has 1 aliphatic rings. The molecule has 0 aliphatic carbocycles. The monoisotopic (exact) mass is 251 g/mol. The highest BCUT2D eigenvalue weighted by Gasteiger charge is 2.24. The Morgan fingerprint density at radius 3 is 3.17 bits per heavy atom. The third-order valence-corrected chi connectivity index (χ3v) is 3.35. The molecule has 1 fully saturated rings. The van der Waals surface area contributed by atoms with Crippen LogP contribution in [0.1, 0.15) is 38.3 Å². The zero-order chi connectivity index (χ0) is 13.0. The van der Waals surface area contributed by atoms with Crippen LogP contribution in [0.25, 0.3) is 0 Å². The highest BCUT2D eigenvalue weighted by atomic mass is 16.4. The molecule has 1 amide bonds. The third kappa shape index (κ3) is 3.32. The Morgan fingerprint density at radius 1 is 1.67 bits per heavy atom. The van der Waals surface area contributed by atoms with Gasteiger partial charge in [0, 0.05) is 6.42 Å². The van der Waals surface area contributed by atoms with Crippen molar-refractivity contribution in [3.05, 3.63) is 17.8 Å². The molecule has 1 saturated heterocycles. The topological polar surface area (TPSA) is 67.2 Å². The first kappa shape index (κ1) is 13.1. The van der Waals surface area contributed by atoms with Crippen molar-refractivity contribution in [2.24, 2.45) is 5.92 Å². The Bertz CT molecular complexity index is 403. The van der Waals surface area contributed by atoms with Gasteiger partial charge in [-0.1, -0.05) is 13.8 Å². The molecule has 1 aliphatic heterocycles. The zero-order valence-corrected chi connectivity index (χ0v) is 11.0. The molecule has 0 saturated carbocycles. The van der Waals surface area contributed by atoms with Crippen LogP contribution in [0.5, 0.6) is 0 Å². The summed E-state index contributed by atoms with van der Waals surface area (Å²) in [6, 6.07) is -0.0747. The number of carbonyl (C=O) groups is 1. The molecule has 100 valence electrons. The molecule has 2 atom stereocenters. The molecule has 0 spiro atoms. The second-order valence-corrected chi connectivity index (χ2v) is 4.93. The van der Waals surface area contributed by atoms with Crippen LogP contribution in [-0.2, 0) is 17.8 Å². The van der Waals surface area contributed by atoms with E-state index in [1.165, 1.54) is 0 Å². The Balaban J connectivity index is 1.80. The van der Waals surface area contributed by atoms with Crippen LogP contribution in [0.2, 0.25) is 0 Å². The van der Waals surface area contributed by atoms with Crippen molar-refractivity contribution in [1.29, 1.82) is 0 Å². The van der Waals surface area contributed by atoms with E-state index in [0.29, 0.717) is 18.4 Å². The molecule has 2 rings (SSSR count). The predicted molar refractivity (Wildman–Crippen MR) is 67.9 cm³/mol. The van der Waals surface area contributed by atoms with Crippen LogP contribution in [0, 0.1) is 5.92 Å². The molecule has 0 aromatic carbocycles. The fourth-order valence-corrected chi connectivity index (χ4v) is 2.19. The number of piperidine rings is 1. The van der Waals surface area contributed by atoms with E-state index in [4.69, 9.17) is 4.42 Å². The summed E-state index contributed by atoms with van der Waals surface area (Å²) in [5, 5.41) is 6.11. The fraction of sp³-hybridized carbons (Fsp3) is 0.692. The molecule has 2 unspecified atom stereocenters. The minimum Gasteiger partial charge on any atom is -0.444 e. The molecular weight excluding hydrogens is 230 g/mol. The summed E-state index contributed by atoms with van der Waals surface area (Å²) in [4.78, 5) is 16.1. The van der Waals surface area contributed by atoms with Gasteiger partial charge in [-0.15, -0.1) is 0 Å². The maximum Gasteiger partial charge on any atom is 0.237 e. The molecule has 2 heterocycles. The summed E-state index contributed by atoms with van der Waals surface area (Å²) >= 11 is 0. The van der Waals surface area contributed by atoms with E-state index in [1.54, 1.807) is 6.20 Å². The summed E-state index contributed by atoms with van der Waals surface area (Å²) in [7, 11) is 0. The number of aryl methyl sites for hydroxylation is 1. The highest BCUT2D eigenvalue weighted by Crippen LogP contribution is 2.15. The van der Waals surface area contributed by atoms with E-state index < -0.39 is 0 Å². The number of hydrogen-bond donors (Lipinski definition) is 2. The number of carbonyl (C=O) groups excluding carboxylic acids is 1. The van der Waals surface area contributed by atoms with Crippen molar-refractivity contribution in [1.82, 2.24) is 15.6 Å². The van der Waals surface area contributed by atoms with Crippen LogP contribution >= 0.6 is 0 Å². The first-order valence-electron chi connectivity index (χ1n) is 6.63. The average Bonchev–Trinajstić information content (AvgIpc) is 2.84. The number of oxazole rings is 1. The van der Waals surface area contributed by atoms with Gasteiger partial charge in [0.1, 0.15) is 5.76 Å². The molecule has 1 aromatic heterocycles. The maximum atomic E-state index is 12.0. The average molecular weight is 251 g/mol. The first-order chi connectivity index (χ1) is 8.69. The van der Waals surface area contributed by atoms with Gasteiger partial charge in [-0.25, -0.2) is 4.98 Å². The lowest BCUT2D eigenvalue weighted by molar-refractivity contribution is -0.124. The van der Waals surface area contributed by atoms with Gasteiger partial charge >= 0.3 is 0 Å². The number of hydrogen-bond acceptors (Lipinski definition) is 4. The summed E-state index contributed by atoms with van der Waals surface area (Å²) in [6.07, 6.45) is 4.58. The van der Waals surface area contributed by atoms with Gasteiger partial charge in [-0.3, -0.25) is 4.79 Å². The molecule has 5 heteroatoms. The summed E-state index contributed by atoms with van der Waals surface area (Å²) in [5.41, 5.74) is 0. The van der Waals surface area contributed by atoms with Crippen molar-refractivity contribution in [3.63, 3.8) is 0 Å². The van der Waals surface area contributed by atoms with Crippen molar-refractivity contribution in [2.45, 2.75) is 45.7 Å². The standard InChI is InChI=1S/C13H21N3O2/c1-3-10-7-15-12(18-10)8-16-13(17)11-6-9(2)4-5-14-11/h7,9,11,14H,3-6,8H2,1-2H3,(H,16,17). The lowest BCUT2D eigenvalue weighted by Crippen LogP contribution is -2.48. The largest absolute Gasteiger partial charge is 0.444 e. The van der Waals surface area contributed by atoms with E-state index in [9.17, 15) is 4.79 Å². The fourth-order valence-electron chi connectivity index (χ4n) is 2.19. The maximum absolute atomic E-state index is 12.0. The smallest absolute Gasteiger partial charge is 0.237 e.